The third kappa shape index (κ3) is 61.4. The van der Waals surface area contributed by atoms with Crippen molar-refractivity contribution in [2.75, 3.05) is 13.2 Å². The van der Waals surface area contributed by atoms with Crippen molar-refractivity contribution >= 4 is 17.9 Å². The van der Waals surface area contributed by atoms with E-state index >= 15 is 0 Å². The van der Waals surface area contributed by atoms with Gasteiger partial charge in [0.15, 0.2) is 6.10 Å². The number of unbranched alkanes of at least 4 members (excludes halogenated alkanes) is 34. The smallest absolute Gasteiger partial charge is 0.306 e. The van der Waals surface area contributed by atoms with Crippen molar-refractivity contribution in [3.63, 3.8) is 0 Å². The molecule has 438 valence electrons. The number of carbonyl (C=O) groups excluding carboxylic acids is 3. The normalized spacial score (nSPS) is 12.6. The van der Waals surface area contributed by atoms with Gasteiger partial charge in [-0.3, -0.25) is 14.4 Å². The molecule has 0 saturated carbocycles. The molecular weight excluding hydrogens is 937 g/mol. The van der Waals surface area contributed by atoms with Crippen LogP contribution in [0.2, 0.25) is 0 Å². The summed E-state index contributed by atoms with van der Waals surface area (Å²) in [7, 11) is 0. The van der Waals surface area contributed by atoms with Crippen LogP contribution in [0, 0.1) is 0 Å². The number of esters is 3. The second-order valence-electron chi connectivity index (χ2n) is 21.6. The van der Waals surface area contributed by atoms with Crippen molar-refractivity contribution in [3.8, 4) is 0 Å². The van der Waals surface area contributed by atoms with E-state index < -0.39 is 6.10 Å². The molecule has 0 bridgehead atoms. The Morgan fingerprint density at radius 3 is 0.829 bits per heavy atom. The summed E-state index contributed by atoms with van der Waals surface area (Å²) in [6, 6.07) is 0. The van der Waals surface area contributed by atoms with Crippen LogP contribution in [0.15, 0.2) is 85.1 Å². The summed E-state index contributed by atoms with van der Waals surface area (Å²) < 4.78 is 16.9. The molecule has 6 nitrogen and oxygen atoms in total. The summed E-state index contributed by atoms with van der Waals surface area (Å²) >= 11 is 0. The maximum atomic E-state index is 12.8. The number of hydrogen-bond acceptors (Lipinski definition) is 6. The Hall–Kier alpha value is -3.41. The molecule has 0 aliphatic carbocycles. The highest BCUT2D eigenvalue weighted by molar-refractivity contribution is 5.71. The van der Waals surface area contributed by atoms with Crippen molar-refractivity contribution in [3.05, 3.63) is 85.1 Å². The average molecular weight is 1060 g/mol. The molecule has 0 aromatic rings. The van der Waals surface area contributed by atoms with E-state index in [1.54, 1.807) is 0 Å². The van der Waals surface area contributed by atoms with Crippen LogP contribution >= 0.6 is 0 Å². The van der Waals surface area contributed by atoms with E-state index in [2.05, 4.69) is 106 Å². The van der Waals surface area contributed by atoms with Gasteiger partial charge < -0.3 is 14.2 Å². The summed E-state index contributed by atoms with van der Waals surface area (Å²) in [5, 5.41) is 0. The molecule has 1 unspecified atom stereocenters. The fourth-order valence-electron chi connectivity index (χ4n) is 9.27. The zero-order chi connectivity index (χ0) is 55.0. The molecule has 0 aromatic carbocycles. The van der Waals surface area contributed by atoms with Crippen LogP contribution in [0.1, 0.15) is 323 Å². The minimum absolute atomic E-state index is 0.0749. The fraction of sp³-hybridized carbons (Fsp3) is 0.757. The molecule has 0 aliphatic heterocycles. The second kappa shape index (κ2) is 64.1. The molecule has 0 fully saturated rings. The topological polar surface area (TPSA) is 78.9 Å². The van der Waals surface area contributed by atoms with Crippen LogP contribution < -0.4 is 0 Å². The van der Waals surface area contributed by atoms with Crippen molar-refractivity contribution < 1.29 is 28.6 Å². The number of allylic oxidation sites excluding steroid dienone is 14. The Balaban J connectivity index is 4.13. The predicted molar refractivity (Wildman–Crippen MR) is 330 cm³/mol. The molecule has 0 aromatic heterocycles. The molecule has 0 radical (unpaired) electrons. The number of ether oxygens (including phenoxy) is 3. The van der Waals surface area contributed by atoms with Gasteiger partial charge in [0.25, 0.3) is 0 Å². The number of carbonyl (C=O) groups is 3. The Morgan fingerprint density at radius 2 is 0.513 bits per heavy atom. The summed E-state index contributed by atoms with van der Waals surface area (Å²) in [4.78, 5) is 38.2. The highest BCUT2D eigenvalue weighted by Crippen LogP contribution is 2.17. The molecule has 6 heteroatoms. The first kappa shape index (κ1) is 72.6. The van der Waals surface area contributed by atoms with E-state index in [-0.39, 0.29) is 31.1 Å². The summed E-state index contributed by atoms with van der Waals surface area (Å²) in [5.74, 6) is -0.872. The molecule has 0 saturated heterocycles. The van der Waals surface area contributed by atoms with Crippen molar-refractivity contribution in [1.82, 2.24) is 0 Å². The Labute approximate surface area is 471 Å². The van der Waals surface area contributed by atoms with Gasteiger partial charge in [-0.05, 0) is 96.3 Å². The predicted octanol–water partition coefficient (Wildman–Crippen LogP) is 22.3. The van der Waals surface area contributed by atoms with E-state index in [1.165, 1.54) is 173 Å². The first-order chi connectivity index (χ1) is 37.5. The Bertz CT molecular complexity index is 1450. The molecule has 0 spiro atoms. The molecule has 0 heterocycles. The Morgan fingerprint density at radius 1 is 0.276 bits per heavy atom. The van der Waals surface area contributed by atoms with Gasteiger partial charge in [0, 0.05) is 19.3 Å². The first-order valence-corrected chi connectivity index (χ1v) is 32.6. The zero-order valence-corrected chi connectivity index (χ0v) is 50.3. The third-order valence-electron chi connectivity index (χ3n) is 14.1. The van der Waals surface area contributed by atoms with Gasteiger partial charge in [-0.1, -0.05) is 292 Å². The van der Waals surface area contributed by atoms with Crippen LogP contribution in [0.4, 0.5) is 0 Å². The largest absolute Gasteiger partial charge is 0.462 e. The van der Waals surface area contributed by atoms with Gasteiger partial charge >= 0.3 is 17.9 Å². The summed E-state index contributed by atoms with van der Waals surface area (Å²) in [6.07, 6.45) is 84.6. The van der Waals surface area contributed by atoms with E-state index in [1.807, 2.05) is 0 Å². The summed E-state index contributed by atoms with van der Waals surface area (Å²) in [5.41, 5.74) is 0. The maximum absolute atomic E-state index is 12.8. The van der Waals surface area contributed by atoms with Crippen LogP contribution in [-0.2, 0) is 28.6 Å². The minimum atomic E-state index is -0.777. The third-order valence-corrected chi connectivity index (χ3v) is 14.1. The molecule has 1 atom stereocenters. The molecule has 76 heavy (non-hydrogen) atoms. The molecule has 0 aliphatic rings. The number of rotatable bonds is 59. The molecule has 0 N–H and O–H groups in total. The van der Waals surface area contributed by atoms with Crippen molar-refractivity contribution in [2.45, 2.75) is 329 Å². The lowest BCUT2D eigenvalue weighted by Crippen LogP contribution is -2.30. The Kier molecular flexibility index (Phi) is 61.2. The zero-order valence-electron chi connectivity index (χ0n) is 50.3. The van der Waals surface area contributed by atoms with Gasteiger partial charge in [0.1, 0.15) is 13.2 Å². The van der Waals surface area contributed by atoms with Crippen molar-refractivity contribution in [1.29, 1.82) is 0 Å². The highest BCUT2D eigenvalue weighted by Gasteiger charge is 2.19. The summed E-state index contributed by atoms with van der Waals surface area (Å²) in [6.45, 7) is 6.53. The van der Waals surface area contributed by atoms with E-state index in [0.29, 0.717) is 19.3 Å². The molecule has 0 rings (SSSR count). The SMILES string of the molecule is CC/C=C\C/C=C\C/C=C\C/C=C\C/C=C\C/C=C\CCCCCCCCCCCCCCCCC(=O)OCC(COC(=O)CCCCCCCCCCCCCC)OC(=O)CCCCCCC/C=C\CCCCCC. The van der Waals surface area contributed by atoms with Gasteiger partial charge in [0.2, 0.25) is 0 Å². The quantitative estimate of drug-likeness (QED) is 0.0261. The molecular formula is C70H122O6. The van der Waals surface area contributed by atoms with E-state index in [9.17, 15) is 14.4 Å². The maximum Gasteiger partial charge on any atom is 0.306 e. The van der Waals surface area contributed by atoms with E-state index in [0.717, 1.165) is 109 Å². The molecule has 0 amide bonds. The van der Waals surface area contributed by atoms with Gasteiger partial charge in [0.05, 0.1) is 0 Å². The van der Waals surface area contributed by atoms with Crippen molar-refractivity contribution in [2.24, 2.45) is 0 Å². The van der Waals surface area contributed by atoms with E-state index in [4.69, 9.17) is 14.2 Å². The van der Waals surface area contributed by atoms with Crippen LogP contribution in [0.25, 0.3) is 0 Å². The fourth-order valence-corrected chi connectivity index (χ4v) is 9.27. The van der Waals surface area contributed by atoms with Gasteiger partial charge in [-0.2, -0.15) is 0 Å². The number of hydrogen-bond donors (Lipinski definition) is 0. The minimum Gasteiger partial charge on any atom is -0.462 e. The lowest BCUT2D eigenvalue weighted by molar-refractivity contribution is -0.167. The first-order valence-electron chi connectivity index (χ1n) is 32.6. The second-order valence-corrected chi connectivity index (χ2v) is 21.6. The van der Waals surface area contributed by atoms with Gasteiger partial charge in [-0.15, -0.1) is 0 Å². The highest BCUT2D eigenvalue weighted by atomic mass is 16.6. The van der Waals surface area contributed by atoms with Crippen LogP contribution in [0.3, 0.4) is 0 Å². The van der Waals surface area contributed by atoms with Crippen LogP contribution in [0.5, 0.6) is 0 Å². The standard InChI is InChI=1S/C70H122O6/c1-4-7-10-13-16-19-22-25-26-27-28-29-30-31-32-33-34-35-36-37-38-39-40-41-42-43-44-46-48-51-54-57-60-63-69(72)75-66-67(65-74-68(71)62-59-56-53-50-47-24-21-18-15-12-9-6-3)76-70(73)64-61-58-55-52-49-45-23-20-17-14-11-8-5-2/h7,10,16,19-20,23,25-26,28-29,31-32,34-35,67H,4-6,8-9,11-15,17-18,21-22,24,27,30,33,36-66H2,1-3H3/b10-7-,19-16-,23-20-,26-25-,29-28-,32-31-,35-34-. The lowest BCUT2D eigenvalue weighted by Gasteiger charge is -2.18. The average Bonchev–Trinajstić information content (AvgIpc) is 3.42. The van der Waals surface area contributed by atoms with Gasteiger partial charge in [-0.25, -0.2) is 0 Å². The van der Waals surface area contributed by atoms with Crippen LogP contribution in [-0.4, -0.2) is 37.2 Å². The monoisotopic (exact) mass is 1060 g/mol. The lowest BCUT2D eigenvalue weighted by atomic mass is 10.0.